The minimum Gasteiger partial charge on any atom is -0.454 e. The molecular formula is C18H18N2O5S2. The van der Waals surface area contributed by atoms with Gasteiger partial charge in [0.05, 0.1) is 6.42 Å². The van der Waals surface area contributed by atoms with Crippen LogP contribution >= 0.6 is 11.3 Å². The number of fused-ring (bicyclic) bond motifs is 1. The van der Waals surface area contributed by atoms with E-state index in [0.29, 0.717) is 5.56 Å². The average Bonchev–Trinajstić information content (AvgIpc) is 3.31. The lowest BCUT2D eigenvalue weighted by atomic mass is 10.1. The Bertz CT molecular complexity index is 1050. The quantitative estimate of drug-likeness (QED) is 0.442. The molecular weight excluding hydrogens is 388 g/mol. The Kier molecular flexibility index (Phi) is 5.73. The summed E-state index contributed by atoms with van der Waals surface area (Å²) in [5.41, 5.74) is 1.27. The summed E-state index contributed by atoms with van der Waals surface area (Å²) in [6, 6.07) is 10.4. The summed E-state index contributed by atoms with van der Waals surface area (Å²) in [5.74, 6) is -0.968. The maximum atomic E-state index is 12.5. The molecule has 0 fully saturated rings. The molecule has 0 aliphatic rings. The highest BCUT2D eigenvalue weighted by Gasteiger charge is 2.22. The van der Waals surface area contributed by atoms with E-state index in [2.05, 4.69) is 9.71 Å². The number of ketones is 1. The predicted molar refractivity (Wildman–Crippen MR) is 102 cm³/mol. The fourth-order valence-electron chi connectivity index (χ4n) is 2.58. The fourth-order valence-corrected chi connectivity index (χ4v) is 4.65. The van der Waals surface area contributed by atoms with Crippen LogP contribution in [-0.4, -0.2) is 37.8 Å². The van der Waals surface area contributed by atoms with Gasteiger partial charge in [0.2, 0.25) is 15.8 Å². The topological polar surface area (TPSA) is 105 Å². The van der Waals surface area contributed by atoms with Crippen LogP contribution in [0.2, 0.25) is 0 Å². The Balaban J connectivity index is 1.54. The van der Waals surface area contributed by atoms with E-state index in [4.69, 9.17) is 4.74 Å². The lowest BCUT2D eigenvalue weighted by Crippen LogP contribution is -2.29. The Morgan fingerprint density at radius 1 is 1.22 bits per heavy atom. The van der Waals surface area contributed by atoms with E-state index in [-0.39, 0.29) is 23.0 Å². The number of hydrogen-bond acceptors (Lipinski definition) is 6. The smallest absolute Gasteiger partial charge is 0.307 e. The molecule has 1 aromatic carbocycles. The van der Waals surface area contributed by atoms with Gasteiger partial charge in [-0.05, 0) is 24.4 Å². The first kappa shape index (κ1) is 19.3. The second-order valence-corrected chi connectivity index (χ2v) is 8.77. The number of sulfonamides is 1. The molecule has 2 heterocycles. The number of carbonyl (C=O) groups is 2. The van der Waals surface area contributed by atoms with Crippen LogP contribution in [0.4, 0.5) is 0 Å². The van der Waals surface area contributed by atoms with E-state index in [1.807, 2.05) is 24.3 Å². The van der Waals surface area contributed by atoms with Crippen molar-refractivity contribution in [1.29, 1.82) is 0 Å². The fraction of sp³-hybridized carbons (Fsp3) is 0.222. The number of H-pyrrole nitrogens is 1. The van der Waals surface area contributed by atoms with Crippen LogP contribution in [0.25, 0.3) is 10.9 Å². The molecule has 0 spiro atoms. The van der Waals surface area contributed by atoms with E-state index < -0.39 is 22.1 Å². The molecule has 2 aromatic heterocycles. The van der Waals surface area contributed by atoms with Crippen LogP contribution in [0.1, 0.15) is 23.7 Å². The van der Waals surface area contributed by atoms with Crippen molar-refractivity contribution in [1.82, 2.24) is 9.71 Å². The van der Waals surface area contributed by atoms with Gasteiger partial charge in [-0.2, -0.15) is 0 Å². The van der Waals surface area contributed by atoms with Gasteiger partial charge >= 0.3 is 5.97 Å². The molecule has 0 amide bonds. The molecule has 1 atom stereocenters. The maximum Gasteiger partial charge on any atom is 0.307 e. The number of thiophene rings is 1. The van der Waals surface area contributed by atoms with Crippen LogP contribution in [0, 0.1) is 0 Å². The van der Waals surface area contributed by atoms with Crippen molar-refractivity contribution in [3.05, 3.63) is 53.5 Å². The summed E-state index contributed by atoms with van der Waals surface area (Å²) in [5, 5.41) is 2.41. The summed E-state index contributed by atoms with van der Waals surface area (Å²) in [7, 11) is -3.63. The summed E-state index contributed by atoms with van der Waals surface area (Å²) in [4.78, 5) is 27.5. The maximum absolute atomic E-state index is 12.5. The Morgan fingerprint density at radius 2 is 2.00 bits per heavy atom. The van der Waals surface area contributed by atoms with Crippen molar-refractivity contribution in [2.75, 3.05) is 6.54 Å². The minimum atomic E-state index is -3.63. The molecule has 3 aromatic rings. The van der Waals surface area contributed by atoms with Gasteiger partial charge in [-0.15, -0.1) is 11.3 Å². The molecule has 9 heteroatoms. The second kappa shape index (κ2) is 8.03. The second-order valence-electron chi connectivity index (χ2n) is 5.82. The molecule has 0 unspecified atom stereocenters. The standard InChI is InChI=1S/C18H18N2O5S2/c1-12(18(22)14-11-19-15-6-3-2-5-13(14)15)25-16(21)8-9-20-27(23,24)17-7-4-10-26-17/h2-7,10-12,19-20H,8-9H2,1H3/t12-/m0/s1. The molecule has 3 rings (SSSR count). The zero-order valence-electron chi connectivity index (χ0n) is 14.5. The van der Waals surface area contributed by atoms with Gasteiger partial charge in [0.15, 0.2) is 6.10 Å². The van der Waals surface area contributed by atoms with Gasteiger partial charge in [-0.3, -0.25) is 9.59 Å². The number of carbonyl (C=O) groups excluding carboxylic acids is 2. The highest BCUT2D eigenvalue weighted by molar-refractivity contribution is 7.91. The highest BCUT2D eigenvalue weighted by Crippen LogP contribution is 2.20. The van der Waals surface area contributed by atoms with Crippen molar-refractivity contribution < 1.29 is 22.7 Å². The number of hydrogen-bond donors (Lipinski definition) is 2. The van der Waals surface area contributed by atoms with Crippen LogP contribution < -0.4 is 4.72 Å². The third-order valence-corrected chi connectivity index (χ3v) is 6.77. The Hall–Kier alpha value is -2.49. The summed E-state index contributed by atoms with van der Waals surface area (Å²) < 4.78 is 31.6. The lowest BCUT2D eigenvalue weighted by molar-refractivity contribution is -0.146. The molecule has 0 radical (unpaired) electrons. The molecule has 0 saturated heterocycles. The number of benzene rings is 1. The summed E-state index contributed by atoms with van der Waals surface area (Å²) >= 11 is 1.09. The molecule has 0 aliphatic carbocycles. The Labute approximate surface area is 160 Å². The van der Waals surface area contributed by atoms with Crippen LogP contribution in [0.5, 0.6) is 0 Å². The third kappa shape index (κ3) is 4.44. The van der Waals surface area contributed by atoms with Crippen LogP contribution in [0.15, 0.2) is 52.2 Å². The van der Waals surface area contributed by atoms with Gasteiger partial charge in [0.1, 0.15) is 4.21 Å². The molecule has 27 heavy (non-hydrogen) atoms. The average molecular weight is 406 g/mol. The lowest BCUT2D eigenvalue weighted by Gasteiger charge is -2.12. The Morgan fingerprint density at radius 3 is 2.74 bits per heavy atom. The number of nitrogens with one attached hydrogen (secondary N) is 2. The molecule has 7 nitrogen and oxygen atoms in total. The van der Waals surface area contributed by atoms with E-state index in [0.717, 1.165) is 22.2 Å². The van der Waals surface area contributed by atoms with Gasteiger partial charge in [0.25, 0.3) is 0 Å². The first-order valence-corrected chi connectivity index (χ1v) is 10.6. The number of esters is 1. The zero-order valence-corrected chi connectivity index (χ0v) is 16.1. The van der Waals surface area contributed by atoms with Gasteiger partial charge in [-0.25, -0.2) is 13.1 Å². The van der Waals surface area contributed by atoms with Gasteiger partial charge < -0.3 is 9.72 Å². The number of aromatic nitrogens is 1. The van der Waals surface area contributed by atoms with Gasteiger partial charge in [-0.1, -0.05) is 24.3 Å². The first-order valence-electron chi connectivity index (χ1n) is 8.21. The van der Waals surface area contributed by atoms with Crippen molar-refractivity contribution in [2.24, 2.45) is 0 Å². The van der Waals surface area contributed by atoms with E-state index >= 15 is 0 Å². The molecule has 0 saturated carbocycles. The SMILES string of the molecule is C[C@H](OC(=O)CCNS(=O)(=O)c1cccs1)C(=O)c1c[nH]c2ccccc12. The number of Topliss-reactive ketones (excluding diaryl/α,β-unsaturated/α-hetero) is 1. The van der Waals surface area contributed by atoms with E-state index in [9.17, 15) is 18.0 Å². The number of ether oxygens (including phenoxy) is 1. The van der Waals surface area contributed by atoms with Crippen molar-refractivity contribution >= 4 is 44.0 Å². The molecule has 0 bridgehead atoms. The van der Waals surface area contributed by atoms with E-state index in [1.54, 1.807) is 17.6 Å². The number of aromatic amines is 1. The molecule has 2 N–H and O–H groups in total. The summed E-state index contributed by atoms with van der Waals surface area (Å²) in [6.45, 7) is 1.39. The highest BCUT2D eigenvalue weighted by atomic mass is 32.2. The normalized spacial score (nSPS) is 12.8. The van der Waals surface area contributed by atoms with Gasteiger partial charge in [0, 0.05) is 29.2 Å². The first-order chi connectivity index (χ1) is 12.9. The zero-order chi connectivity index (χ0) is 19.4. The van der Waals surface area contributed by atoms with Crippen LogP contribution in [-0.2, 0) is 19.6 Å². The van der Waals surface area contributed by atoms with Crippen molar-refractivity contribution in [3.8, 4) is 0 Å². The predicted octanol–water partition coefficient (Wildman–Crippen LogP) is 2.71. The molecule has 142 valence electrons. The van der Waals surface area contributed by atoms with Crippen molar-refractivity contribution in [2.45, 2.75) is 23.7 Å². The number of para-hydroxylation sites is 1. The summed E-state index contributed by atoms with van der Waals surface area (Å²) in [6.07, 6.45) is 0.452. The third-order valence-electron chi connectivity index (χ3n) is 3.91. The minimum absolute atomic E-state index is 0.104. The number of rotatable bonds is 8. The van der Waals surface area contributed by atoms with Crippen LogP contribution in [0.3, 0.4) is 0 Å². The largest absolute Gasteiger partial charge is 0.454 e. The van der Waals surface area contributed by atoms with Crippen molar-refractivity contribution in [3.63, 3.8) is 0 Å². The molecule has 0 aliphatic heterocycles. The van der Waals surface area contributed by atoms with E-state index in [1.165, 1.54) is 13.0 Å². The monoisotopic (exact) mass is 406 g/mol.